The van der Waals surface area contributed by atoms with Crippen molar-refractivity contribution >= 4 is 17.3 Å². The summed E-state index contributed by atoms with van der Waals surface area (Å²) in [6, 6.07) is 18.2. The Hall–Kier alpha value is -1.51. The molecule has 106 valence electrons. The summed E-state index contributed by atoms with van der Waals surface area (Å²) >= 11 is 5.91. The summed E-state index contributed by atoms with van der Waals surface area (Å²) in [5.74, 6) is 0. The molecule has 20 heavy (non-hydrogen) atoms. The van der Waals surface area contributed by atoms with Gasteiger partial charge >= 0.3 is 0 Å². The Bertz CT molecular complexity index is 501. The molecule has 2 aromatic rings. The standard InChI is InChI=1S/C17H20ClNO/c18-16-9-4-10-17(14-16)19-11-13-20-12-5-8-15-6-2-1-3-7-15/h1-4,6-7,9-10,14,19H,5,8,11-13H2. The van der Waals surface area contributed by atoms with Crippen LogP contribution in [0.3, 0.4) is 0 Å². The Kier molecular flexibility index (Phi) is 6.42. The van der Waals surface area contributed by atoms with E-state index < -0.39 is 0 Å². The highest BCUT2D eigenvalue weighted by Gasteiger charge is 1.94. The summed E-state index contributed by atoms with van der Waals surface area (Å²) in [6.45, 7) is 2.30. The highest BCUT2D eigenvalue weighted by molar-refractivity contribution is 6.30. The van der Waals surface area contributed by atoms with E-state index in [-0.39, 0.29) is 0 Å². The summed E-state index contributed by atoms with van der Waals surface area (Å²) in [5, 5.41) is 4.03. The van der Waals surface area contributed by atoms with Gasteiger partial charge in [-0.2, -0.15) is 0 Å². The first-order chi connectivity index (χ1) is 9.84. The maximum Gasteiger partial charge on any atom is 0.0639 e. The third kappa shape index (κ3) is 5.64. The largest absolute Gasteiger partial charge is 0.383 e. The number of halogens is 1. The number of rotatable bonds is 8. The summed E-state index contributed by atoms with van der Waals surface area (Å²) in [4.78, 5) is 0. The third-order valence-electron chi connectivity index (χ3n) is 3.00. The molecular formula is C17H20ClNO. The number of anilines is 1. The molecule has 2 aromatic carbocycles. The van der Waals surface area contributed by atoms with Crippen molar-refractivity contribution in [1.29, 1.82) is 0 Å². The average molecular weight is 290 g/mol. The van der Waals surface area contributed by atoms with Crippen LogP contribution in [-0.4, -0.2) is 19.8 Å². The van der Waals surface area contributed by atoms with Gasteiger partial charge in [-0.3, -0.25) is 0 Å². The van der Waals surface area contributed by atoms with Gasteiger partial charge in [-0.25, -0.2) is 0 Å². The number of aryl methyl sites for hydroxylation is 1. The van der Waals surface area contributed by atoms with Crippen LogP contribution in [0.15, 0.2) is 54.6 Å². The van der Waals surface area contributed by atoms with Gasteiger partial charge in [0.05, 0.1) is 6.61 Å². The summed E-state index contributed by atoms with van der Waals surface area (Å²) in [5.41, 5.74) is 2.40. The second-order valence-electron chi connectivity index (χ2n) is 4.64. The molecule has 0 spiro atoms. The Morgan fingerprint density at radius 2 is 1.80 bits per heavy atom. The fraction of sp³-hybridized carbons (Fsp3) is 0.294. The lowest BCUT2D eigenvalue weighted by Crippen LogP contribution is -2.10. The monoisotopic (exact) mass is 289 g/mol. The number of hydrogen-bond acceptors (Lipinski definition) is 2. The molecule has 2 rings (SSSR count). The SMILES string of the molecule is Clc1cccc(NCCOCCCc2ccccc2)c1. The van der Waals surface area contributed by atoms with Gasteiger partial charge in [0.15, 0.2) is 0 Å². The maximum absolute atomic E-state index is 5.91. The molecule has 0 saturated heterocycles. The van der Waals surface area contributed by atoms with E-state index in [2.05, 4.69) is 29.6 Å². The Balaban J connectivity index is 1.52. The quantitative estimate of drug-likeness (QED) is 0.727. The van der Waals surface area contributed by atoms with E-state index in [1.807, 2.05) is 30.3 Å². The minimum absolute atomic E-state index is 0.710. The highest BCUT2D eigenvalue weighted by Crippen LogP contribution is 2.14. The first-order valence-electron chi connectivity index (χ1n) is 6.96. The van der Waals surface area contributed by atoms with Gasteiger partial charge in [0.2, 0.25) is 0 Å². The zero-order chi connectivity index (χ0) is 14.0. The Morgan fingerprint density at radius 1 is 0.950 bits per heavy atom. The molecule has 3 heteroatoms. The molecule has 0 unspecified atom stereocenters. The molecule has 0 bridgehead atoms. The molecule has 0 aliphatic carbocycles. The van der Waals surface area contributed by atoms with Crippen molar-refractivity contribution in [3.05, 3.63) is 65.2 Å². The highest BCUT2D eigenvalue weighted by atomic mass is 35.5. The van der Waals surface area contributed by atoms with Gasteiger partial charge in [0.25, 0.3) is 0 Å². The van der Waals surface area contributed by atoms with Gasteiger partial charge in [0.1, 0.15) is 0 Å². The van der Waals surface area contributed by atoms with Gasteiger partial charge in [0, 0.05) is 23.9 Å². The van der Waals surface area contributed by atoms with Crippen LogP contribution >= 0.6 is 11.6 Å². The maximum atomic E-state index is 5.91. The Morgan fingerprint density at radius 3 is 2.60 bits per heavy atom. The van der Waals surface area contributed by atoms with E-state index in [1.54, 1.807) is 0 Å². The smallest absolute Gasteiger partial charge is 0.0639 e. The molecule has 0 aromatic heterocycles. The van der Waals surface area contributed by atoms with Gasteiger partial charge in [-0.1, -0.05) is 48.0 Å². The van der Waals surface area contributed by atoms with E-state index in [0.717, 1.165) is 36.7 Å². The molecule has 0 amide bonds. The average Bonchev–Trinajstić information content (AvgIpc) is 2.47. The topological polar surface area (TPSA) is 21.3 Å². The van der Waals surface area contributed by atoms with Crippen molar-refractivity contribution in [3.63, 3.8) is 0 Å². The summed E-state index contributed by atoms with van der Waals surface area (Å²) < 4.78 is 5.61. The lowest BCUT2D eigenvalue weighted by Gasteiger charge is -2.07. The molecule has 0 atom stereocenters. The van der Waals surface area contributed by atoms with Gasteiger partial charge < -0.3 is 10.1 Å². The molecule has 0 aliphatic rings. The van der Waals surface area contributed by atoms with E-state index in [4.69, 9.17) is 16.3 Å². The fourth-order valence-electron chi connectivity index (χ4n) is 1.99. The molecule has 0 fully saturated rings. The van der Waals surface area contributed by atoms with E-state index >= 15 is 0 Å². The number of hydrogen-bond donors (Lipinski definition) is 1. The third-order valence-corrected chi connectivity index (χ3v) is 3.23. The van der Waals surface area contributed by atoms with Crippen molar-refractivity contribution < 1.29 is 4.74 Å². The van der Waals surface area contributed by atoms with Crippen molar-refractivity contribution in [1.82, 2.24) is 0 Å². The van der Waals surface area contributed by atoms with Crippen molar-refractivity contribution in [2.75, 3.05) is 25.1 Å². The van der Waals surface area contributed by atoms with Gasteiger partial charge in [-0.05, 0) is 36.6 Å². The normalized spacial score (nSPS) is 10.4. The summed E-state index contributed by atoms with van der Waals surface area (Å²) in [6.07, 6.45) is 2.13. The minimum Gasteiger partial charge on any atom is -0.383 e. The van der Waals surface area contributed by atoms with Gasteiger partial charge in [-0.15, -0.1) is 0 Å². The molecule has 0 aliphatic heterocycles. The Labute approximate surface area is 125 Å². The van der Waals surface area contributed by atoms with Crippen LogP contribution in [0.5, 0.6) is 0 Å². The number of ether oxygens (including phenoxy) is 1. The number of nitrogens with one attached hydrogen (secondary N) is 1. The van der Waals surface area contributed by atoms with Crippen molar-refractivity contribution in [2.24, 2.45) is 0 Å². The second-order valence-corrected chi connectivity index (χ2v) is 5.08. The molecule has 2 nitrogen and oxygen atoms in total. The van der Waals surface area contributed by atoms with E-state index in [1.165, 1.54) is 5.56 Å². The van der Waals surface area contributed by atoms with Crippen LogP contribution in [0.1, 0.15) is 12.0 Å². The molecule has 0 heterocycles. The molecule has 1 N–H and O–H groups in total. The van der Waals surface area contributed by atoms with E-state index in [9.17, 15) is 0 Å². The van der Waals surface area contributed by atoms with Crippen LogP contribution in [0, 0.1) is 0 Å². The molecule has 0 saturated carbocycles. The second kappa shape index (κ2) is 8.62. The zero-order valence-corrected chi connectivity index (χ0v) is 12.3. The van der Waals surface area contributed by atoms with Crippen LogP contribution in [0.2, 0.25) is 5.02 Å². The fourth-order valence-corrected chi connectivity index (χ4v) is 2.18. The summed E-state index contributed by atoms with van der Waals surface area (Å²) in [7, 11) is 0. The lowest BCUT2D eigenvalue weighted by atomic mass is 10.1. The van der Waals surface area contributed by atoms with Crippen molar-refractivity contribution in [2.45, 2.75) is 12.8 Å². The van der Waals surface area contributed by atoms with Crippen LogP contribution in [0.25, 0.3) is 0 Å². The van der Waals surface area contributed by atoms with E-state index in [0.29, 0.717) is 6.61 Å². The predicted octanol–water partition coefficient (Wildman–Crippen LogP) is 4.40. The van der Waals surface area contributed by atoms with Crippen LogP contribution in [0.4, 0.5) is 5.69 Å². The molecular weight excluding hydrogens is 270 g/mol. The zero-order valence-electron chi connectivity index (χ0n) is 11.5. The first-order valence-corrected chi connectivity index (χ1v) is 7.33. The van der Waals surface area contributed by atoms with Crippen LogP contribution < -0.4 is 5.32 Å². The predicted molar refractivity (Wildman–Crippen MR) is 85.5 cm³/mol. The lowest BCUT2D eigenvalue weighted by molar-refractivity contribution is 0.141. The van der Waals surface area contributed by atoms with Crippen LogP contribution in [-0.2, 0) is 11.2 Å². The molecule has 0 radical (unpaired) electrons. The number of benzene rings is 2. The van der Waals surface area contributed by atoms with Crippen molar-refractivity contribution in [3.8, 4) is 0 Å². The minimum atomic E-state index is 0.710. The first kappa shape index (κ1) is 14.9.